The van der Waals surface area contributed by atoms with Crippen LogP contribution in [0, 0.1) is 0 Å². The third-order valence-electron chi connectivity index (χ3n) is 3.21. The van der Waals surface area contributed by atoms with Gasteiger partial charge in [-0.15, -0.1) is 11.3 Å². The molecule has 0 aliphatic heterocycles. The number of nitrogens with zero attached hydrogens (tertiary/aromatic N) is 1. The molecule has 0 saturated carbocycles. The van der Waals surface area contributed by atoms with Crippen LogP contribution in [0.15, 0.2) is 35.7 Å². The zero-order valence-electron chi connectivity index (χ0n) is 12.9. The Kier molecular flexibility index (Phi) is 6.37. The lowest BCUT2D eigenvalue weighted by atomic mass is 10.1. The van der Waals surface area contributed by atoms with Crippen LogP contribution >= 0.6 is 23.6 Å². The molecule has 122 valence electrons. The Balaban J connectivity index is 1.91. The molecular weight excluding hydrogens is 332 g/mol. The second-order valence-corrected chi connectivity index (χ2v) is 5.91. The van der Waals surface area contributed by atoms with Gasteiger partial charge in [0.2, 0.25) is 6.41 Å². The van der Waals surface area contributed by atoms with Crippen LogP contribution in [0.3, 0.4) is 0 Å². The fraction of sp³-hybridized carbons (Fsp3) is 0.250. The lowest BCUT2D eigenvalue weighted by molar-refractivity contribution is -0.106. The minimum atomic E-state index is 0.392. The van der Waals surface area contributed by atoms with Crippen LogP contribution < -0.4 is 19.7 Å². The summed E-state index contributed by atoms with van der Waals surface area (Å²) in [6.45, 7) is 0.615. The zero-order chi connectivity index (χ0) is 16.7. The molecule has 1 amide bonds. The van der Waals surface area contributed by atoms with Crippen molar-refractivity contribution in [3.8, 4) is 11.5 Å². The van der Waals surface area contributed by atoms with Crippen molar-refractivity contribution < 1.29 is 14.3 Å². The summed E-state index contributed by atoms with van der Waals surface area (Å²) in [4.78, 5) is 12.6. The highest BCUT2D eigenvalue weighted by molar-refractivity contribution is 7.80. The molecule has 0 radical (unpaired) electrons. The van der Waals surface area contributed by atoms with E-state index in [0.29, 0.717) is 23.2 Å². The van der Waals surface area contributed by atoms with E-state index in [0.717, 1.165) is 23.4 Å². The van der Waals surface area contributed by atoms with E-state index in [1.165, 1.54) is 16.2 Å². The van der Waals surface area contributed by atoms with Gasteiger partial charge in [0.05, 0.1) is 14.2 Å². The first-order chi connectivity index (χ1) is 11.2. The predicted octanol–water partition coefficient (Wildman–Crippen LogP) is 2.85. The van der Waals surface area contributed by atoms with Gasteiger partial charge in [-0.05, 0) is 53.8 Å². The minimum absolute atomic E-state index is 0.392. The second kappa shape index (κ2) is 8.50. The van der Waals surface area contributed by atoms with Gasteiger partial charge in [0.1, 0.15) is 5.00 Å². The quantitative estimate of drug-likeness (QED) is 0.615. The average Bonchev–Trinajstić information content (AvgIpc) is 3.09. The summed E-state index contributed by atoms with van der Waals surface area (Å²) >= 11 is 6.73. The number of carbonyl (C=O) groups is 1. The molecule has 2 aromatic rings. The molecule has 5 nitrogen and oxygen atoms in total. The van der Waals surface area contributed by atoms with Gasteiger partial charge in [-0.25, -0.2) is 0 Å². The highest BCUT2D eigenvalue weighted by atomic mass is 32.1. The fourth-order valence-electron chi connectivity index (χ4n) is 2.04. The molecule has 7 heteroatoms. The Bertz CT molecular complexity index is 659. The number of ether oxygens (including phenoxy) is 2. The number of rotatable bonds is 7. The van der Waals surface area contributed by atoms with E-state index in [4.69, 9.17) is 21.7 Å². The summed E-state index contributed by atoms with van der Waals surface area (Å²) in [6.07, 6.45) is 1.47. The maximum atomic E-state index is 11.2. The number of hydrogen-bond acceptors (Lipinski definition) is 5. The SMILES string of the molecule is COc1ccc(CCNC(=S)N(C=O)c2cccs2)cc1OC. The van der Waals surface area contributed by atoms with Gasteiger partial charge < -0.3 is 14.8 Å². The molecule has 0 aliphatic rings. The smallest absolute Gasteiger partial charge is 0.221 e. The minimum Gasteiger partial charge on any atom is -0.493 e. The Morgan fingerprint density at radius 1 is 1.30 bits per heavy atom. The highest BCUT2D eigenvalue weighted by Crippen LogP contribution is 2.27. The maximum absolute atomic E-state index is 11.2. The van der Waals surface area contributed by atoms with Crippen molar-refractivity contribution in [2.45, 2.75) is 6.42 Å². The number of hydrogen-bond donors (Lipinski definition) is 1. The van der Waals surface area contributed by atoms with E-state index in [1.807, 2.05) is 35.7 Å². The van der Waals surface area contributed by atoms with Crippen molar-refractivity contribution in [2.75, 3.05) is 25.7 Å². The number of carbonyl (C=O) groups excluding carboxylic acids is 1. The maximum Gasteiger partial charge on any atom is 0.221 e. The molecule has 0 fully saturated rings. The van der Waals surface area contributed by atoms with Crippen LogP contribution in [0.4, 0.5) is 5.00 Å². The van der Waals surface area contributed by atoms with Gasteiger partial charge in [-0.2, -0.15) is 0 Å². The molecule has 23 heavy (non-hydrogen) atoms. The lowest BCUT2D eigenvalue weighted by Crippen LogP contribution is -2.39. The number of anilines is 1. The van der Waals surface area contributed by atoms with E-state index in [1.54, 1.807) is 14.2 Å². The van der Waals surface area contributed by atoms with Crippen molar-refractivity contribution in [3.05, 3.63) is 41.3 Å². The molecule has 2 rings (SSSR count). The molecule has 0 saturated heterocycles. The highest BCUT2D eigenvalue weighted by Gasteiger charge is 2.11. The van der Waals surface area contributed by atoms with E-state index in [2.05, 4.69) is 5.32 Å². The topological polar surface area (TPSA) is 50.8 Å². The third-order valence-corrected chi connectivity index (χ3v) is 4.41. The van der Waals surface area contributed by atoms with E-state index >= 15 is 0 Å². The van der Waals surface area contributed by atoms with Crippen LogP contribution in [-0.4, -0.2) is 32.3 Å². The van der Waals surface area contributed by atoms with E-state index in [9.17, 15) is 4.79 Å². The molecule has 0 spiro atoms. The zero-order valence-corrected chi connectivity index (χ0v) is 14.6. The lowest BCUT2D eigenvalue weighted by Gasteiger charge is -2.17. The van der Waals surface area contributed by atoms with Gasteiger partial charge in [0.15, 0.2) is 16.6 Å². The summed E-state index contributed by atoms with van der Waals surface area (Å²) < 4.78 is 10.5. The van der Waals surface area contributed by atoms with Crippen molar-refractivity contribution in [1.82, 2.24) is 5.32 Å². The van der Waals surface area contributed by atoms with E-state index < -0.39 is 0 Å². The van der Waals surface area contributed by atoms with Crippen LogP contribution in [-0.2, 0) is 11.2 Å². The normalized spacial score (nSPS) is 10.0. The van der Waals surface area contributed by atoms with Crippen molar-refractivity contribution in [1.29, 1.82) is 0 Å². The van der Waals surface area contributed by atoms with Crippen molar-refractivity contribution in [2.24, 2.45) is 0 Å². The van der Waals surface area contributed by atoms with Gasteiger partial charge in [0, 0.05) is 6.54 Å². The Morgan fingerprint density at radius 2 is 2.09 bits per heavy atom. The van der Waals surface area contributed by atoms with Gasteiger partial charge in [0.25, 0.3) is 0 Å². The average molecular weight is 350 g/mol. The molecule has 0 aliphatic carbocycles. The summed E-state index contributed by atoms with van der Waals surface area (Å²) in [6, 6.07) is 9.50. The van der Waals surface area contributed by atoms with Crippen LogP contribution in [0.2, 0.25) is 0 Å². The summed E-state index contributed by atoms with van der Waals surface area (Å²) in [5.41, 5.74) is 1.09. The molecular formula is C16H18N2O3S2. The number of amides is 1. The number of benzene rings is 1. The summed E-state index contributed by atoms with van der Waals surface area (Å²) in [7, 11) is 3.22. The first-order valence-corrected chi connectivity index (χ1v) is 8.25. The molecule has 1 N–H and O–H groups in total. The fourth-order valence-corrected chi connectivity index (χ4v) is 3.04. The molecule has 1 aromatic heterocycles. The van der Waals surface area contributed by atoms with Gasteiger partial charge in [-0.3, -0.25) is 9.69 Å². The second-order valence-electron chi connectivity index (χ2n) is 4.60. The molecule has 0 unspecified atom stereocenters. The molecule has 1 heterocycles. The molecule has 0 bridgehead atoms. The first kappa shape index (κ1) is 17.2. The Hall–Kier alpha value is -2.12. The van der Waals surface area contributed by atoms with Gasteiger partial charge in [-0.1, -0.05) is 6.07 Å². The van der Waals surface area contributed by atoms with E-state index in [-0.39, 0.29) is 0 Å². The monoisotopic (exact) mass is 350 g/mol. The largest absolute Gasteiger partial charge is 0.493 e. The van der Waals surface area contributed by atoms with Gasteiger partial charge >= 0.3 is 0 Å². The van der Waals surface area contributed by atoms with Crippen molar-refractivity contribution >= 4 is 40.1 Å². The first-order valence-electron chi connectivity index (χ1n) is 6.96. The summed E-state index contributed by atoms with van der Waals surface area (Å²) in [5, 5.41) is 6.18. The standard InChI is InChI=1S/C16H18N2O3S2/c1-20-13-6-5-12(10-14(13)21-2)7-8-17-16(22)18(11-19)15-4-3-9-23-15/h3-6,9-11H,7-8H2,1-2H3,(H,17,22). The predicted molar refractivity (Wildman–Crippen MR) is 96.7 cm³/mol. The van der Waals surface area contributed by atoms with Crippen LogP contribution in [0.5, 0.6) is 11.5 Å². The number of methoxy groups -OCH3 is 2. The Morgan fingerprint density at radius 3 is 2.70 bits per heavy atom. The number of nitrogens with one attached hydrogen (secondary N) is 1. The third kappa shape index (κ3) is 4.43. The number of thiocarbonyl (C=S) groups is 1. The summed E-state index contributed by atoms with van der Waals surface area (Å²) in [5.74, 6) is 1.39. The molecule has 1 aromatic carbocycles. The van der Waals surface area contributed by atoms with Crippen LogP contribution in [0.25, 0.3) is 0 Å². The van der Waals surface area contributed by atoms with Crippen LogP contribution in [0.1, 0.15) is 5.56 Å². The number of thiophene rings is 1. The van der Waals surface area contributed by atoms with Crippen molar-refractivity contribution in [3.63, 3.8) is 0 Å². The molecule has 0 atom stereocenters. The Labute approximate surface area is 144 Å².